The predicted octanol–water partition coefficient (Wildman–Crippen LogP) is 2.65. The van der Waals surface area contributed by atoms with Gasteiger partial charge in [-0.3, -0.25) is 4.79 Å². The smallest absolute Gasteiger partial charge is 0.303 e. The molecule has 1 aliphatic rings. The highest BCUT2D eigenvalue weighted by atomic mass is 32.2. The number of carboxylic acids is 1. The highest BCUT2D eigenvalue weighted by Gasteiger charge is 2.05. The third kappa shape index (κ3) is 3.81. The summed E-state index contributed by atoms with van der Waals surface area (Å²) >= 11 is 1.91. The molecule has 0 aromatic carbocycles. The van der Waals surface area contributed by atoms with E-state index in [-0.39, 0.29) is 0 Å². The Hall–Kier alpha value is -0.440. The molecule has 12 heavy (non-hydrogen) atoms. The molecule has 68 valence electrons. The van der Waals surface area contributed by atoms with Crippen molar-refractivity contribution in [2.45, 2.75) is 32.1 Å². The summed E-state index contributed by atoms with van der Waals surface area (Å²) in [6.45, 7) is 0. The second-order valence-corrected chi connectivity index (χ2v) is 4.13. The molecule has 1 N–H and O–H groups in total. The molecule has 0 radical (unpaired) electrons. The van der Waals surface area contributed by atoms with E-state index in [9.17, 15) is 4.79 Å². The lowest BCUT2D eigenvalue weighted by atomic mass is 10.2. The van der Waals surface area contributed by atoms with E-state index in [0.29, 0.717) is 6.42 Å². The Morgan fingerprint density at radius 2 is 2.50 bits per heavy atom. The highest BCUT2D eigenvalue weighted by molar-refractivity contribution is 8.03. The number of unbranched alkanes of at least 4 members (excludes halogenated alkanes) is 1. The number of carboxylic acid groups (broad SMARTS) is 1. The monoisotopic (exact) mass is 186 g/mol. The predicted molar refractivity (Wildman–Crippen MR) is 51.3 cm³/mol. The van der Waals surface area contributed by atoms with E-state index in [4.69, 9.17) is 5.11 Å². The molecule has 0 spiro atoms. The molecule has 2 nitrogen and oxygen atoms in total. The Morgan fingerprint density at radius 3 is 3.08 bits per heavy atom. The van der Waals surface area contributed by atoms with Gasteiger partial charge in [-0.1, -0.05) is 6.08 Å². The van der Waals surface area contributed by atoms with Gasteiger partial charge in [0.1, 0.15) is 0 Å². The number of thioether (sulfide) groups is 1. The molecule has 0 saturated carbocycles. The van der Waals surface area contributed by atoms with Crippen molar-refractivity contribution in [3.05, 3.63) is 11.0 Å². The number of allylic oxidation sites excluding steroid dienone is 2. The van der Waals surface area contributed by atoms with Gasteiger partial charge >= 0.3 is 5.97 Å². The molecule has 0 atom stereocenters. The van der Waals surface area contributed by atoms with Crippen LogP contribution in [0.25, 0.3) is 0 Å². The minimum atomic E-state index is -0.688. The first-order chi connectivity index (χ1) is 5.79. The maximum absolute atomic E-state index is 10.2. The minimum Gasteiger partial charge on any atom is -0.481 e. The molecule has 0 aromatic heterocycles. The van der Waals surface area contributed by atoms with Crippen LogP contribution >= 0.6 is 11.8 Å². The molecule has 0 aliphatic carbocycles. The van der Waals surface area contributed by atoms with Crippen molar-refractivity contribution < 1.29 is 9.90 Å². The van der Waals surface area contributed by atoms with Crippen molar-refractivity contribution >= 4 is 17.7 Å². The summed E-state index contributed by atoms with van der Waals surface area (Å²) in [6, 6.07) is 0. The minimum absolute atomic E-state index is 0.300. The quantitative estimate of drug-likeness (QED) is 0.686. The van der Waals surface area contributed by atoms with Gasteiger partial charge in [0.05, 0.1) is 0 Å². The molecule has 1 aliphatic heterocycles. The molecule has 1 rings (SSSR count). The van der Waals surface area contributed by atoms with Crippen molar-refractivity contribution in [2.75, 3.05) is 5.75 Å². The van der Waals surface area contributed by atoms with Gasteiger partial charge in [-0.15, -0.1) is 11.8 Å². The standard InChI is InChI=1S/C9H14O2S/c10-9(11)6-2-1-4-8-5-3-7-12-8/h4H,1-3,5-7H2,(H,10,11)/b8-4-. The van der Waals surface area contributed by atoms with Crippen LogP contribution in [0.2, 0.25) is 0 Å². The first kappa shape index (κ1) is 9.65. The van der Waals surface area contributed by atoms with Crippen LogP contribution < -0.4 is 0 Å². The third-order valence-electron chi connectivity index (χ3n) is 1.82. The molecule has 3 heteroatoms. The van der Waals surface area contributed by atoms with Crippen molar-refractivity contribution in [1.29, 1.82) is 0 Å². The SMILES string of the molecule is O=C(O)CCC/C=C1/CCCS1. The second kappa shape index (κ2) is 5.25. The normalized spacial score (nSPS) is 20.2. The van der Waals surface area contributed by atoms with Crippen LogP contribution in [0.3, 0.4) is 0 Å². The third-order valence-corrected chi connectivity index (χ3v) is 3.06. The van der Waals surface area contributed by atoms with Crippen LogP contribution in [0.1, 0.15) is 32.1 Å². The summed E-state index contributed by atoms with van der Waals surface area (Å²) < 4.78 is 0. The van der Waals surface area contributed by atoms with E-state index < -0.39 is 5.97 Å². The Balaban J connectivity index is 2.07. The fraction of sp³-hybridized carbons (Fsp3) is 0.667. The maximum atomic E-state index is 10.2. The molecular weight excluding hydrogens is 172 g/mol. The fourth-order valence-corrected chi connectivity index (χ4v) is 2.27. The number of aliphatic carboxylic acids is 1. The zero-order chi connectivity index (χ0) is 8.81. The van der Waals surface area contributed by atoms with Crippen molar-refractivity contribution in [2.24, 2.45) is 0 Å². The van der Waals surface area contributed by atoms with Crippen molar-refractivity contribution in [3.63, 3.8) is 0 Å². The molecular formula is C9H14O2S. The lowest BCUT2D eigenvalue weighted by molar-refractivity contribution is -0.137. The summed E-state index contributed by atoms with van der Waals surface area (Å²) in [5.41, 5.74) is 0. The topological polar surface area (TPSA) is 37.3 Å². The van der Waals surface area contributed by atoms with Crippen LogP contribution in [-0.2, 0) is 4.79 Å². The summed E-state index contributed by atoms with van der Waals surface area (Å²) in [5.74, 6) is 0.553. The zero-order valence-corrected chi connectivity index (χ0v) is 7.90. The molecule has 1 saturated heterocycles. The van der Waals surface area contributed by atoms with Crippen LogP contribution in [-0.4, -0.2) is 16.8 Å². The average Bonchev–Trinajstić information content (AvgIpc) is 2.49. The van der Waals surface area contributed by atoms with E-state index in [1.807, 2.05) is 11.8 Å². The van der Waals surface area contributed by atoms with Gasteiger partial charge in [0, 0.05) is 6.42 Å². The zero-order valence-electron chi connectivity index (χ0n) is 7.08. The Labute approximate surface area is 77.0 Å². The molecule has 0 aromatic rings. The van der Waals surface area contributed by atoms with Crippen molar-refractivity contribution in [3.8, 4) is 0 Å². The second-order valence-electron chi connectivity index (χ2n) is 2.91. The van der Waals surface area contributed by atoms with Gasteiger partial charge in [-0.05, 0) is 36.3 Å². The Morgan fingerprint density at radius 1 is 1.67 bits per heavy atom. The number of rotatable bonds is 4. The lowest BCUT2D eigenvalue weighted by Gasteiger charge is -1.94. The molecule has 0 unspecified atom stereocenters. The molecule has 0 amide bonds. The van der Waals surface area contributed by atoms with E-state index in [0.717, 1.165) is 12.8 Å². The van der Waals surface area contributed by atoms with E-state index in [1.54, 1.807) is 0 Å². The average molecular weight is 186 g/mol. The van der Waals surface area contributed by atoms with Crippen LogP contribution in [0.15, 0.2) is 11.0 Å². The van der Waals surface area contributed by atoms with Gasteiger partial charge in [-0.2, -0.15) is 0 Å². The van der Waals surface area contributed by atoms with E-state index in [1.165, 1.54) is 23.5 Å². The summed E-state index contributed by atoms with van der Waals surface area (Å²) in [6.07, 6.45) is 6.69. The van der Waals surface area contributed by atoms with E-state index in [2.05, 4.69) is 6.08 Å². The fourth-order valence-electron chi connectivity index (χ4n) is 1.20. The Kier molecular flexibility index (Phi) is 4.22. The summed E-state index contributed by atoms with van der Waals surface area (Å²) in [5, 5.41) is 8.38. The van der Waals surface area contributed by atoms with Crippen molar-refractivity contribution in [1.82, 2.24) is 0 Å². The van der Waals surface area contributed by atoms with Gasteiger partial charge in [0.25, 0.3) is 0 Å². The van der Waals surface area contributed by atoms with Gasteiger partial charge < -0.3 is 5.11 Å². The number of carbonyl (C=O) groups is 1. The largest absolute Gasteiger partial charge is 0.481 e. The highest BCUT2D eigenvalue weighted by Crippen LogP contribution is 2.30. The Bertz CT molecular complexity index is 179. The number of hydrogen-bond donors (Lipinski definition) is 1. The summed E-state index contributed by atoms with van der Waals surface area (Å²) in [7, 11) is 0. The molecule has 1 fully saturated rings. The van der Waals surface area contributed by atoms with Crippen LogP contribution in [0.4, 0.5) is 0 Å². The summed E-state index contributed by atoms with van der Waals surface area (Å²) in [4.78, 5) is 11.6. The molecule has 0 bridgehead atoms. The first-order valence-corrected chi connectivity index (χ1v) is 5.31. The van der Waals surface area contributed by atoms with Gasteiger partial charge in [-0.25, -0.2) is 0 Å². The lowest BCUT2D eigenvalue weighted by Crippen LogP contribution is -1.92. The van der Waals surface area contributed by atoms with Gasteiger partial charge in [0.15, 0.2) is 0 Å². The van der Waals surface area contributed by atoms with Gasteiger partial charge in [0.2, 0.25) is 0 Å². The first-order valence-electron chi connectivity index (χ1n) is 4.32. The number of hydrogen-bond acceptors (Lipinski definition) is 2. The van der Waals surface area contributed by atoms with Crippen LogP contribution in [0, 0.1) is 0 Å². The van der Waals surface area contributed by atoms with Crippen LogP contribution in [0.5, 0.6) is 0 Å². The maximum Gasteiger partial charge on any atom is 0.303 e. The molecule has 1 heterocycles. The van der Waals surface area contributed by atoms with E-state index >= 15 is 0 Å².